The first-order valence-corrected chi connectivity index (χ1v) is 6.58. The Morgan fingerprint density at radius 3 is 2.78 bits per heavy atom. The molecule has 1 atom stereocenters. The van der Waals surface area contributed by atoms with Crippen LogP contribution in [0.1, 0.15) is 24.2 Å². The van der Waals surface area contributed by atoms with E-state index in [1.165, 1.54) is 11.3 Å². The van der Waals surface area contributed by atoms with Crippen LogP contribution in [0.15, 0.2) is 35.7 Å². The number of hydrogen-bond acceptors (Lipinski definition) is 4. The smallest absolute Gasteiger partial charge is 0.230 e. The molecule has 0 radical (unpaired) electrons. The van der Waals surface area contributed by atoms with E-state index in [9.17, 15) is 4.79 Å². The van der Waals surface area contributed by atoms with Crippen LogP contribution in [0.25, 0.3) is 0 Å². The summed E-state index contributed by atoms with van der Waals surface area (Å²) >= 11 is 1.39. The maximum absolute atomic E-state index is 11.8. The predicted molar refractivity (Wildman–Crippen MR) is 73.5 cm³/mol. The minimum atomic E-state index is -0.110. The zero-order chi connectivity index (χ0) is 13.0. The van der Waals surface area contributed by atoms with Crippen LogP contribution >= 0.6 is 11.3 Å². The quantitative estimate of drug-likeness (QED) is 0.887. The minimum Gasteiger partial charge on any atom is -0.323 e. The topological polar surface area (TPSA) is 68.0 Å². The van der Waals surface area contributed by atoms with Gasteiger partial charge in [-0.2, -0.15) is 0 Å². The summed E-state index contributed by atoms with van der Waals surface area (Å²) in [5.41, 5.74) is 7.50. The SMILES string of the molecule is CC(N)c1csc(NC(=O)Cc2ccccc2)n1. The van der Waals surface area contributed by atoms with Gasteiger partial charge in [-0.1, -0.05) is 30.3 Å². The molecule has 18 heavy (non-hydrogen) atoms. The molecule has 94 valence electrons. The predicted octanol–water partition coefficient (Wildman–Crippen LogP) is 2.34. The Morgan fingerprint density at radius 2 is 2.17 bits per heavy atom. The molecule has 0 aliphatic carbocycles. The van der Waals surface area contributed by atoms with Gasteiger partial charge in [-0.3, -0.25) is 4.79 Å². The van der Waals surface area contributed by atoms with Crippen molar-refractivity contribution < 1.29 is 4.79 Å². The van der Waals surface area contributed by atoms with Gasteiger partial charge >= 0.3 is 0 Å². The zero-order valence-corrected chi connectivity index (χ0v) is 10.9. The molecule has 0 saturated heterocycles. The highest BCUT2D eigenvalue weighted by molar-refractivity contribution is 7.13. The van der Waals surface area contributed by atoms with Crippen molar-refractivity contribution in [3.05, 3.63) is 47.0 Å². The molecule has 1 unspecified atom stereocenters. The first-order valence-electron chi connectivity index (χ1n) is 5.70. The molecule has 1 heterocycles. The summed E-state index contributed by atoms with van der Waals surface area (Å²) in [5.74, 6) is -0.0632. The molecule has 0 spiro atoms. The zero-order valence-electron chi connectivity index (χ0n) is 10.1. The average molecular weight is 261 g/mol. The van der Waals surface area contributed by atoms with Gasteiger partial charge in [0.15, 0.2) is 5.13 Å². The van der Waals surface area contributed by atoms with Gasteiger partial charge in [0.25, 0.3) is 0 Å². The number of benzene rings is 1. The van der Waals surface area contributed by atoms with Crippen molar-refractivity contribution in [2.24, 2.45) is 5.73 Å². The Kier molecular flexibility index (Phi) is 4.07. The van der Waals surface area contributed by atoms with Crippen LogP contribution in [-0.2, 0) is 11.2 Å². The molecule has 4 nitrogen and oxygen atoms in total. The number of anilines is 1. The third-order valence-electron chi connectivity index (χ3n) is 2.44. The third-order valence-corrected chi connectivity index (χ3v) is 3.22. The monoisotopic (exact) mass is 261 g/mol. The summed E-state index contributed by atoms with van der Waals surface area (Å²) < 4.78 is 0. The second kappa shape index (κ2) is 5.75. The number of nitrogens with two attached hydrogens (primary N) is 1. The number of carbonyl (C=O) groups excluding carboxylic acids is 1. The Balaban J connectivity index is 1.95. The van der Waals surface area contributed by atoms with Crippen LogP contribution in [0.3, 0.4) is 0 Å². The van der Waals surface area contributed by atoms with Crippen molar-refractivity contribution in [3.63, 3.8) is 0 Å². The summed E-state index contributed by atoms with van der Waals surface area (Å²) in [7, 11) is 0. The van der Waals surface area contributed by atoms with Gasteiger partial charge < -0.3 is 11.1 Å². The Bertz CT molecular complexity index is 522. The number of aromatic nitrogens is 1. The summed E-state index contributed by atoms with van der Waals surface area (Å²) in [4.78, 5) is 16.0. The van der Waals surface area contributed by atoms with Crippen molar-refractivity contribution in [3.8, 4) is 0 Å². The highest BCUT2D eigenvalue weighted by Crippen LogP contribution is 2.19. The molecule has 2 aromatic rings. The van der Waals surface area contributed by atoms with E-state index in [2.05, 4.69) is 10.3 Å². The lowest BCUT2D eigenvalue weighted by atomic mass is 10.1. The van der Waals surface area contributed by atoms with Crippen molar-refractivity contribution >= 4 is 22.4 Å². The number of hydrogen-bond donors (Lipinski definition) is 2. The van der Waals surface area contributed by atoms with E-state index in [4.69, 9.17) is 5.73 Å². The van der Waals surface area contributed by atoms with E-state index in [0.717, 1.165) is 11.3 Å². The van der Waals surface area contributed by atoms with Crippen molar-refractivity contribution in [2.45, 2.75) is 19.4 Å². The van der Waals surface area contributed by atoms with E-state index in [1.807, 2.05) is 42.6 Å². The van der Waals surface area contributed by atoms with Crippen LogP contribution in [0.4, 0.5) is 5.13 Å². The van der Waals surface area contributed by atoms with Gasteiger partial charge in [-0.15, -0.1) is 11.3 Å². The fourth-order valence-electron chi connectivity index (χ4n) is 1.50. The van der Waals surface area contributed by atoms with E-state index < -0.39 is 0 Å². The lowest BCUT2D eigenvalue weighted by Gasteiger charge is -2.02. The maximum atomic E-state index is 11.8. The van der Waals surface area contributed by atoms with Gasteiger partial charge in [-0.05, 0) is 12.5 Å². The van der Waals surface area contributed by atoms with E-state index in [0.29, 0.717) is 11.6 Å². The second-order valence-corrected chi connectivity index (χ2v) is 4.93. The molecule has 5 heteroatoms. The van der Waals surface area contributed by atoms with Gasteiger partial charge in [0.2, 0.25) is 5.91 Å². The van der Waals surface area contributed by atoms with Crippen molar-refractivity contribution in [2.75, 3.05) is 5.32 Å². The van der Waals surface area contributed by atoms with E-state index >= 15 is 0 Å². The Hall–Kier alpha value is -1.72. The summed E-state index contributed by atoms with van der Waals surface area (Å²) in [5, 5.41) is 5.24. The molecule has 1 amide bonds. The summed E-state index contributed by atoms with van der Waals surface area (Å²) in [6, 6.07) is 9.50. The normalized spacial score (nSPS) is 12.1. The molecule has 0 fully saturated rings. The molecular weight excluding hydrogens is 246 g/mol. The number of amides is 1. The fraction of sp³-hybridized carbons (Fsp3) is 0.231. The van der Waals surface area contributed by atoms with Crippen LogP contribution in [0.5, 0.6) is 0 Å². The molecule has 0 aliphatic heterocycles. The van der Waals surface area contributed by atoms with Crippen LogP contribution in [0, 0.1) is 0 Å². The summed E-state index contributed by atoms with van der Waals surface area (Å²) in [6.07, 6.45) is 0.355. The standard InChI is InChI=1S/C13H15N3OS/c1-9(14)11-8-18-13(15-11)16-12(17)7-10-5-3-2-4-6-10/h2-6,8-9H,7,14H2,1H3,(H,15,16,17). The van der Waals surface area contributed by atoms with Crippen molar-refractivity contribution in [1.29, 1.82) is 0 Å². The highest BCUT2D eigenvalue weighted by atomic mass is 32.1. The second-order valence-electron chi connectivity index (χ2n) is 4.08. The Morgan fingerprint density at radius 1 is 1.44 bits per heavy atom. The molecule has 2 rings (SSSR count). The Labute approximate surface area is 110 Å². The van der Waals surface area contributed by atoms with Gasteiger partial charge in [-0.25, -0.2) is 4.98 Å². The molecule has 0 saturated carbocycles. The minimum absolute atomic E-state index is 0.0632. The molecule has 0 aliphatic rings. The highest BCUT2D eigenvalue weighted by Gasteiger charge is 2.09. The first kappa shape index (κ1) is 12.7. The molecular formula is C13H15N3OS. The lowest BCUT2D eigenvalue weighted by Crippen LogP contribution is -2.14. The van der Waals surface area contributed by atoms with Crippen molar-refractivity contribution in [1.82, 2.24) is 4.98 Å². The fourth-order valence-corrected chi connectivity index (χ4v) is 2.33. The largest absolute Gasteiger partial charge is 0.323 e. The number of thiazole rings is 1. The van der Waals surface area contributed by atoms with E-state index in [-0.39, 0.29) is 11.9 Å². The van der Waals surface area contributed by atoms with Gasteiger partial charge in [0.05, 0.1) is 12.1 Å². The summed E-state index contributed by atoms with van der Waals surface area (Å²) in [6.45, 7) is 1.87. The number of nitrogens with zero attached hydrogens (tertiary/aromatic N) is 1. The van der Waals surface area contributed by atoms with Crippen LogP contribution in [0.2, 0.25) is 0 Å². The first-order chi connectivity index (χ1) is 8.65. The molecule has 0 bridgehead atoms. The maximum Gasteiger partial charge on any atom is 0.230 e. The molecule has 1 aromatic carbocycles. The number of carbonyl (C=O) groups is 1. The number of rotatable bonds is 4. The van der Waals surface area contributed by atoms with Gasteiger partial charge in [0.1, 0.15) is 0 Å². The molecule has 3 N–H and O–H groups in total. The average Bonchev–Trinajstić information content (AvgIpc) is 2.78. The van der Waals surface area contributed by atoms with Crippen LogP contribution < -0.4 is 11.1 Å². The van der Waals surface area contributed by atoms with E-state index in [1.54, 1.807) is 0 Å². The lowest BCUT2D eigenvalue weighted by molar-refractivity contribution is -0.115. The van der Waals surface area contributed by atoms with Gasteiger partial charge in [0, 0.05) is 11.4 Å². The van der Waals surface area contributed by atoms with Crippen LogP contribution in [-0.4, -0.2) is 10.9 Å². The third kappa shape index (κ3) is 3.38. The number of nitrogens with one attached hydrogen (secondary N) is 1. The molecule has 1 aromatic heterocycles.